The van der Waals surface area contributed by atoms with Gasteiger partial charge >= 0.3 is 0 Å². The quantitative estimate of drug-likeness (QED) is 0.150. The minimum atomic E-state index is 0.899. The first-order chi connectivity index (χ1) is 31.1. The van der Waals surface area contributed by atoms with E-state index in [1.807, 2.05) is 23.5 Å². The van der Waals surface area contributed by atoms with E-state index >= 15 is 0 Å². The third-order valence-corrected chi connectivity index (χ3v) is 13.2. The molecule has 4 aromatic heterocycles. The van der Waals surface area contributed by atoms with E-state index in [1.165, 1.54) is 20.2 Å². The van der Waals surface area contributed by atoms with Crippen LogP contribution in [0.25, 0.3) is 93.2 Å². The van der Waals surface area contributed by atoms with Gasteiger partial charge in [0, 0.05) is 66.0 Å². The van der Waals surface area contributed by atoms with Crippen molar-refractivity contribution < 1.29 is 0 Å². The number of imidazole rings is 1. The zero-order valence-electron chi connectivity index (χ0n) is 34.4. The molecule has 0 radical (unpaired) electrons. The lowest BCUT2D eigenvalue weighted by molar-refractivity contribution is 0.673. The summed E-state index contributed by atoms with van der Waals surface area (Å²) in [5.74, 6) is 0. The van der Waals surface area contributed by atoms with Crippen molar-refractivity contribution in [3.8, 4) is 56.2 Å². The average molecular weight is 823 g/mol. The Balaban J connectivity index is 1.05. The minimum absolute atomic E-state index is 0.899. The first-order valence-corrected chi connectivity index (χ1v) is 22.0. The van der Waals surface area contributed by atoms with Crippen LogP contribution in [-0.4, -0.2) is 19.3 Å². The fraction of sp³-hybridized carbons (Fsp3) is 0.0172. The third kappa shape index (κ3) is 6.47. The van der Waals surface area contributed by atoms with Crippen LogP contribution in [0.1, 0.15) is 18.1 Å². The van der Waals surface area contributed by atoms with Crippen molar-refractivity contribution in [3.05, 3.63) is 241 Å². The highest BCUT2D eigenvalue weighted by Crippen LogP contribution is 2.43. The molecule has 0 atom stereocenters. The lowest BCUT2D eigenvalue weighted by Gasteiger charge is -2.32. The summed E-state index contributed by atoms with van der Waals surface area (Å²) in [6, 6.07) is 65.0. The molecule has 296 valence electrons. The molecule has 0 N–H and O–H groups in total. The standard InChI is InChI=1S/C58H38N4S/c1-38-32-47-24-10-12-30-61(47)57(55(38)39-16-4-2-5-17-39)44-22-14-20-42(33-44)50-35-46(41-28-29-49-48-25-8-9-26-52(48)63-53(49)37-41)36-51(59-50)43-21-15-23-45(34-43)58-56(40-18-6-3-7-19-40)60-54-27-11-13-31-62(54)58/h2-31,33-37H,1H3. The van der Waals surface area contributed by atoms with E-state index in [1.54, 1.807) is 0 Å². The summed E-state index contributed by atoms with van der Waals surface area (Å²) in [7, 11) is 0. The summed E-state index contributed by atoms with van der Waals surface area (Å²) in [6.45, 7) is 2.16. The molecule has 0 bridgehead atoms. The molecule has 0 saturated carbocycles. The van der Waals surface area contributed by atoms with Gasteiger partial charge in [0.15, 0.2) is 0 Å². The summed E-state index contributed by atoms with van der Waals surface area (Å²) >= 11 is 1.84. The van der Waals surface area contributed by atoms with Crippen molar-refractivity contribution in [1.82, 2.24) is 19.3 Å². The van der Waals surface area contributed by atoms with Gasteiger partial charge in [-0.1, -0.05) is 145 Å². The molecule has 0 saturated heterocycles. The Morgan fingerprint density at radius 2 is 1.16 bits per heavy atom. The highest BCUT2D eigenvalue weighted by atomic mass is 32.1. The molecule has 4 nitrogen and oxygen atoms in total. The Kier molecular flexibility index (Phi) is 8.82. The molecular weight excluding hydrogens is 785 g/mol. The molecule has 0 amide bonds. The molecular formula is C58H38N4S. The number of rotatable bonds is 7. The normalized spacial score (nSPS) is 13.5. The van der Waals surface area contributed by atoms with Crippen LogP contribution in [0, 0.1) is 0 Å². The molecule has 10 aromatic rings. The van der Waals surface area contributed by atoms with Gasteiger partial charge < -0.3 is 4.90 Å². The Bertz CT molecular complexity index is 3610. The molecule has 2 aliphatic rings. The van der Waals surface area contributed by atoms with Gasteiger partial charge in [0.05, 0.1) is 34.2 Å². The zero-order valence-corrected chi connectivity index (χ0v) is 35.2. The highest BCUT2D eigenvalue weighted by Gasteiger charge is 2.25. The highest BCUT2D eigenvalue weighted by molar-refractivity contribution is 7.25. The van der Waals surface area contributed by atoms with Gasteiger partial charge in [0.25, 0.3) is 0 Å². The van der Waals surface area contributed by atoms with Crippen LogP contribution >= 0.6 is 11.3 Å². The second kappa shape index (κ2) is 15.1. The molecule has 5 heteroatoms. The maximum Gasteiger partial charge on any atom is 0.137 e. The van der Waals surface area contributed by atoms with Gasteiger partial charge in [-0.05, 0) is 89.9 Å². The van der Waals surface area contributed by atoms with E-state index in [2.05, 4.69) is 222 Å². The van der Waals surface area contributed by atoms with Gasteiger partial charge in [0.1, 0.15) is 5.65 Å². The van der Waals surface area contributed by atoms with Crippen LogP contribution in [0.2, 0.25) is 0 Å². The van der Waals surface area contributed by atoms with E-state index < -0.39 is 0 Å². The SMILES string of the molecule is CC1=C=C2C=CC=CN2C(c2cccc(-c3cc(-c4ccc5c(c4)sc4ccccc45)cc(-c4cccc(-c5c(-c6ccccc6)nc6ccccn56)c4)n3)c2)=C1c1ccccc1. The predicted molar refractivity (Wildman–Crippen MR) is 263 cm³/mol. The Morgan fingerprint density at radius 1 is 0.492 bits per heavy atom. The van der Waals surface area contributed by atoms with E-state index in [-0.39, 0.29) is 0 Å². The van der Waals surface area contributed by atoms with Gasteiger partial charge in [0.2, 0.25) is 0 Å². The molecule has 0 aliphatic carbocycles. The Labute approximate surface area is 369 Å². The predicted octanol–water partition coefficient (Wildman–Crippen LogP) is 15.1. The van der Waals surface area contributed by atoms with Crippen molar-refractivity contribution in [3.63, 3.8) is 0 Å². The van der Waals surface area contributed by atoms with Crippen LogP contribution in [0.3, 0.4) is 0 Å². The molecule has 12 rings (SSSR count). The number of thiophene rings is 1. The number of pyridine rings is 2. The first kappa shape index (κ1) is 36.7. The number of aromatic nitrogens is 3. The topological polar surface area (TPSA) is 33.4 Å². The van der Waals surface area contributed by atoms with Gasteiger partial charge in [-0.25, -0.2) is 9.97 Å². The smallest absolute Gasteiger partial charge is 0.137 e. The molecule has 0 spiro atoms. The van der Waals surface area contributed by atoms with Crippen LogP contribution in [-0.2, 0) is 0 Å². The summed E-state index contributed by atoms with van der Waals surface area (Å²) in [5, 5.41) is 2.58. The number of hydrogen-bond acceptors (Lipinski definition) is 4. The monoisotopic (exact) mass is 822 g/mol. The number of benzene rings is 6. The number of fused-ring (bicyclic) bond motifs is 5. The fourth-order valence-corrected chi connectivity index (χ4v) is 10.3. The first-order valence-electron chi connectivity index (χ1n) is 21.2. The maximum absolute atomic E-state index is 5.52. The molecule has 2 aliphatic heterocycles. The van der Waals surface area contributed by atoms with Crippen molar-refractivity contribution in [1.29, 1.82) is 0 Å². The van der Waals surface area contributed by atoms with Gasteiger partial charge in [-0.3, -0.25) is 4.40 Å². The second-order valence-electron chi connectivity index (χ2n) is 16.0. The summed E-state index contributed by atoms with van der Waals surface area (Å²) in [6.07, 6.45) is 10.5. The van der Waals surface area contributed by atoms with E-state index in [4.69, 9.17) is 9.97 Å². The number of nitrogens with zero attached hydrogens (tertiary/aromatic N) is 4. The van der Waals surface area contributed by atoms with E-state index in [0.29, 0.717) is 0 Å². The number of hydrogen-bond donors (Lipinski definition) is 0. The van der Waals surface area contributed by atoms with E-state index in [9.17, 15) is 0 Å². The maximum atomic E-state index is 5.52. The fourth-order valence-electron chi connectivity index (χ4n) is 9.15. The van der Waals surface area contributed by atoms with Gasteiger partial charge in [-0.2, -0.15) is 0 Å². The molecule has 63 heavy (non-hydrogen) atoms. The van der Waals surface area contributed by atoms with Crippen LogP contribution in [0.4, 0.5) is 0 Å². The lowest BCUT2D eigenvalue weighted by atomic mass is 9.89. The van der Waals surface area contributed by atoms with Crippen molar-refractivity contribution in [2.45, 2.75) is 6.92 Å². The zero-order chi connectivity index (χ0) is 41.9. The molecule has 6 aromatic carbocycles. The Hall–Kier alpha value is -8.08. The minimum Gasteiger partial charge on any atom is -0.309 e. The van der Waals surface area contributed by atoms with Crippen LogP contribution in [0.15, 0.2) is 230 Å². The third-order valence-electron chi connectivity index (χ3n) is 12.1. The summed E-state index contributed by atoms with van der Waals surface area (Å²) < 4.78 is 4.76. The molecule has 6 heterocycles. The molecule has 0 unspecified atom stereocenters. The number of allylic oxidation sites excluding steroid dienone is 4. The largest absolute Gasteiger partial charge is 0.309 e. The average Bonchev–Trinajstić information content (AvgIpc) is 3.93. The van der Waals surface area contributed by atoms with Crippen LogP contribution in [0.5, 0.6) is 0 Å². The Morgan fingerprint density at radius 3 is 1.97 bits per heavy atom. The van der Waals surface area contributed by atoms with E-state index in [0.717, 1.165) is 95.5 Å². The van der Waals surface area contributed by atoms with Crippen LogP contribution < -0.4 is 0 Å². The summed E-state index contributed by atoms with van der Waals surface area (Å²) in [5.41, 5.74) is 21.5. The van der Waals surface area contributed by atoms with Crippen molar-refractivity contribution in [2.75, 3.05) is 0 Å². The van der Waals surface area contributed by atoms with Crippen molar-refractivity contribution >= 4 is 48.4 Å². The summed E-state index contributed by atoms with van der Waals surface area (Å²) in [4.78, 5) is 12.9. The second-order valence-corrected chi connectivity index (χ2v) is 17.1. The lowest BCUT2D eigenvalue weighted by Crippen LogP contribution is -2.19. The molecule has 0 fully saturated rings. The van der Waals surface area contributed by atoms with Gasteiger partial charge in [-0.15, -0.1) is 11.3 Å². The van der Waals surface area contributed by atoms with Crippen molar-refractivity contribution in [2.24, 2.45) is 0 Å².